The van der Waals surface area contributed by atoms with E-state index >= 15 is 0 Å². The van der Waals surface area contributed by atoms with Gasteiger partial charge in [0.05, 0.1) is 19.0 Å². The molecule has 6 heteroatoms. The highest BCUT2D eigenvalue weighted by molar-refractivity contribution is 7.88. The number of ether oxygens (including phenoxy) is 1. The number of nitrogens with zero attached hydrogens (tertiary/aromatic N) is 2. The van der Waals surface area contributed by atoms with Crippen molar-refractivity contribution < 1.29 is 13.2 Å². The van der Waals surface area contributed by atoms with Crippen LogP contribution >= 0.6 is 0 Å². The Morgan fingerprint density at radius 3 is 2.94 bits per heavy atom. The van der Waals surface area contributed by atoms with E-state index in [1.807, 2.05) is 6.07 Å². The minimum absolute atomic E-state index is 0.0704. The summed E-state index contributed by atoms with van der Waals surface area (Å²) in [7, 11) is -3.09. The van der Waals surface area contributed by atoms with E-state index < -0.39 is 10.0 Å². The third-order valence-corrected chi connectivity index (χ3v) is 3.78. The summed E-state index contributed by atoms with van der Waals surface area (Å²) in [5.41, 5.74) is 0. The molecule has 1 aromatic rings. The van der Waals surface area contributed by atoms with Gasteiger partial charge in [0, 0.05) is 12.7 Å². The molecule has 16 heavy (non-hydrogen) atoms. The van der Waals surface area contributed by atoms with Gasteiger partial charge in [-0.1, -0.05) is 0 Å². The van der Waals surface area contributed by atoms with Crippen molar-refractivity contribution in [1.29, 1.82) is 0 Å². The van der Waals surface area contributed by atoms with Crippen LogP contribution in [0.25, 0.3) is 0 Å². The summed E-state index contributed by atoms with van der Waals surface area (Å²) >= 11 is 0. The lowest BCUT2D eigenvalue weighted by atomic mass is 10.3. The van der Waals surface area contributed by atoms with E-state index in [0.29, 0.717) is 18.8 Å². The fourth-order valence-electron chi connectivity index (χ4n) is 1.70. The molecule has 1 aliphatic rings. The number of aromatic nitrogens is 1. The third kappa shape index (κ3) is 2.70. The van der Waals surface area contributed by atoms with Crippen molar-refractivity contribution in [3.63, 3.8) is 0 Å². The molecule has 0 aliphatic carbocycles. The summed E-state index contributed by atoms with van der Waals surface area (Å²) in [6.07, 6.45) is 5.17. The maximum absolute atomic E-state index is 11.3. The van der Waals surface area contributed by atoms with Crippen molar-refractivity contribution in [1.82, 2.24) is 9.29 Å². The van der Waals surface area contributed by atoms with Gasteiger partial charge in [-0.3, -0.25) is 4.98 Å². The van der Waals surface area contributed by atoms with Gasteiger partial charge in [0.2, 0.25) is 10.0 Å². The maximum atomic E-state index is 11.3. The van der Waals surface area contributed by atoms with E-state index in [1.165, 1.54) is 10.6 Å². The zero-order valence-electron chi connectivity index (χ0n) is 9.04. The standard InChI is InChI=1S/C10H14N2O3S/c1-16(13,14)12-6-4-10(8-12)15-9-3-2-5-11-7-9/h2-3,5,7,10H,4,6,8H2,1H3. The Bertz CT molecular complexity index is 446. The van der Waals surface area contributed by atoms with E-state index in [-0.39, 0.29) is 6.10 Å². The Kier molecular flexibility index (Phi) is 3.11. The van der Waals surface area contributed by atoms with Crippen LogP contribution in [0.4, 0.5) is 0 Å². The van der Waals surface area contributed by atoms with Crippen LogP contribution in [0.1, 0.15) is 6.42 Å². The highest BCUT2D eigenvalue weighted by Gasteiger charge is 2.29. The van der Waals surface area contributed by atoms with Crippen LogP contribution in [0.15, 0.2) is 24.5 Å². The van der Waals surface area contributed by atoms with E-state index in [2.05, 4.69) is 4.98 Å². The first kappa shape index (κ1) is 11.3. The van der Waals surface area contributed by atoms with E-state index in [0.717, 1.165) is 6.42 Å². The predicted molar refractivity (Wildman–Crippen MR) is 59.7 cm³/mol. The summed E-state index contributed by atoms with van der Waals surface area (Å²) in [4.78, 5) is 3.94. The highest BCUT2D eigenvalue weighted by Crippen LogP contribution is 2.18. The molecule has 0 N–H and O–H groups in total. The minimum atomic E-state index is -3.09. The van der Waals surface area contributed by atoms with Crippen molar-refractivity contribution in [3.8, 4) is 5.75 Å². The van der Waals surface area contributed by atoms with Crippen LogP contribution in [0, 0.1) is 0 Å². The SMILES string of the molecule is CS(=O)(=O)N1CCC(Oc2cccnc2)C1. The van der Waals surface area contributed by atoms with Crippen LogP contribution in [-0.4, -0.2) is 43.2 Å². The molecule has 1 fully saturated rings. The van der Waals surface area contributed by atoms with Crippen LogP contribution in [0.5, 0.6) is 5.75 Å². The molecule has 1 aliphatic heterocycles. The number of hydrogen-bond donors (Lipinski definition) is 0. The molecule has 1 unspecified atom stereocenters. The molecule has 1 aromatic heterocycles. The van der Waals surface area contributed by atoms with Crippen LogP contribution < -0.4 is 4.74 Å². The third-order valence-electron chi connectivity index (χ3n) is 2.51. The van der Waals surface area contributed by atoms with Gasteiger partial charge < -0.3 is 4.74 Å². The summed E-state index contributed by atoms with van der Waals surface area (Å²) in [6, 6.07) is 3.61. The van der Waals surface area contributed by atoms with Gasteiger partial charge >= 0.3 is 0 Å². The average molecular weight is 242 g/mol. The molecule has 0 bridgehead atoms. The van der Waals surface area contributed by atoms with Gasteiger partial charge in [-0.15, -0.1) is 0 Å². The van der Waals surface area contributed by atoms with Gasteiger partial charge in [0.15, 0.2) is 0 Å². The summed E-state index contributed by atoms with van der Waals surface area (Å²) < 4.78 is 29.6. The molecular formula is C10H14N2O3S. The molecule has 2 heterocycles. The second-order valence-corrected chi connectivity index (χ2v) is 5.82. The fraction of sp³-hybridized carbons (Fsp3) is 0.500. The van der Waals surface area contributed by atoms with Crippen LogP contribution in [-0.2, 0) is 10.0 Å². The second kappa shape index (κ2) is 4.39. The van der Waals surface area contributed by atoms with Crippen molar-refractivity contribution in [2.24, 2.45) is 0 Å². The number of pyridine rings is 1. The lowest BCUT2D eigenvalue weighted by Gasteiger charge is -2.14. The van der Waals surface area contributed by atoms with Crippen molar-refractivity contribution in [3.05, 3.63) is 24.5 Å². The van der Waals surface area contributed by atoms with Crippen molar-refractivity contribution in [2.45, 2.75) is 12.5 Å². The largest absolute Gasteiger partial charge is 0.487 e. The maximum Gasteiger partial charge on any atom is 0.211 e. The molecule has 0 spiro atoms. The number of hydrogen-bond acceptors (Lipinski definition) is 4. The van der Waals surface area contributed by atoms with Gasteiger partial charge in [0.1, 0.15) is 11.9 Å². The molecule has 5 nitrogen and oxygen atoms in total. The summed E-state index contributed by atoms with van der Waals surface area (Å²) in [5, 5.41) is 0. The Balaban J connectivity index is 1.96. The molecule has 0 aromatic carbocycles. The van der Waals surface area contributed by atoms with Gasteiger partial charge in [-0.05, 0) is 18.6 Å². The average Bonchev–Trinajstić information content (AvgIpc) is 2.67. The highest BCUT2D eigenvalue weighted by atomic mass is 32.2. The summed E-state index contributed by atoms with van der Waals surface area (Å²) in [5.74, 6) is 0.683. The normalized spacial score (nSPS) is 22.2. The molecular weight excluding hydrogens is 228 g/mol. The first-order chi connectivity index (χ1) is 7.55. The fourth-order valence-corrected chi connectivity index (χ4v) is 2.58. The zero-order chi connectivity index (χ0) is 11.6. The predicted octanol–water partition coefficient (Wildman–Crippen LogP) is 0.494. The van der Waals surface area contributed by atoms with Crippen molar-refractivity contribution in [2.75, 3.05) is 19.3 Å². The van der Waals surface area contributed by atoms with Crippen molar-refractivity contribution >= 4 is 10.0 Å². The van der Waals surface area contributed by atoms with E-state index in [9.17, 15) is 8.42 Å². The molecule has 0 saturated carbocycles. The van der Waals surface area contributed by atoms with E-state index in [1.54, 1.807) is 18.5 Å². The monoisotopic (exact) mass is 242 g/mol. The molecule has 0 radical (unpaired) electrons. The van der Waals surface area contributed by atoms with E-state index in [4.69, 9.17) is 4.74 Å². The quantitative estimate of drug-likeness (QED) is 0.774. The molecule has 1 saturated heterocycles. The van der Waals surface area contributed by atoms with Gasteiger partial charge in [0.25, 0.3) is 0 Å². The summed E-state index contributed by atoms with van der Waals surface area (Å²) in [6.45, 7) is 0.956. The molecule has 0 amide bonds. The van der Waals surface area contributed by atoms with Gasteiger partial charge in [-0.2, -0.15) is 4.31 Å². The Morgan fingerprint density at radius 1 is 1.56 bits per heavy atom. The Morgan fingerprint density at radius 2 is 2.38 bits per heavy atom. The van der Waals surface area contributed by atoms with Gasteiger partial charge in [-0.25, -0.2) is 8.42 Å². The lowest BCUT2D eigenvalue weighted by Crippen LogP contribution is -2.29. The topological polar surface area (TPSA) is 59.5 Å². The second-order valence-electron chi connectivity index (χ2n) is 3.84. The number of rotatable bonds is 3. The van der Waals surface area contributed by atoms with Crippen LogP contribution in [0.2, 0.25) is 0 Å². The minimum Gasteiger partial charge on any atom is -0.487 e. The first-order valence-corrected chi connectivity index (χ1v) is 6.92. The molecule has 1 atom stereocenters. The van der Waals surface area contributed by atoms with Crippen LogP contribution in [0.3, 0.4) is 0 Å². The Hall–Kier alpha value is -1.14. The molecule has 88 valence electrons. The smallest absolute Gasteiger partial charge is 0.211 e. The zero-order valence-corrected chi connectivity index (χ0v) is 9.85. The Labute approximate surface area is 95.1 Å². The lowest BCUT2D eigenvalue weighted by molar-refractivity contribution is 0.215. The first-order valence-electron chi connectivity index (χ1n) is 5.07. The number of sulfonamides is 1. The molecule has 2 rings (SSSR count).